The number of benzene rings is 6. The van der Waals surface area contributed by atoms with E-state index in [-0.39, 0.29) is 66.8 Å². The summed E-state index contributed by atoms with van der Waals surface area (Å²) >= 11 is 0. The predicted octanol–water partition coefficient (Wildman–Crippen LogP) is 13.1. The van der Waals surface area contributed by atoms with Gasteiger partial charge in [-0.2, -0.15) is 26.3 Å². The second-order valence-corrected chi connectivity index (χ2v) is 26.1. The van der Waals surface area contributed by atoms with Crippen LogP contribution < -0.4 is 10.6 Å². The van der Waals surface area contributed by atoms with Crippen LogP contribution in [-0.4, -0.2) is 178 Å². The average Bonchev–Trinajstić information content (AvgIpc) is 1.58. The van der Waals surface area contributed by atoms with Crippen molar-refractivity contribution in [3.63, 3.8) is 0 Å². The zero-order valence-corrected chi connectivity index (χ0v) is 55.4. The van der Waals surface area contributed by atoms with Gasteiger partial charge in [0.15, 0.2) is 0 Å². The molecule has 98 heavy (non-hydrogen) atoms. The number of ether oxygens (including phenoxy) is 3. The van der Waals surface area contributed by atoms with Crippen LogP contribution in [0.4, 0.5) is 51.3 Å². The first kappa shape index (κ1) is 72.3. The highest BCUT2D eigenvalue weighted by Gasteiger charge is 2.50. The maximum absolute atomic E-state index is 15.4. The lowest BCUT2D eigenvalue weighted by atomic mass is 9.72. The number of rotatable bonds is 26. The molecule has 6 aromatic carbocycles. The monoisotopic (exact) mass is 1360 g/mol. The van der Waals surface area contributed by atoms with Gasteiger partial charge in [0, 0.05) is 102 Å². The maximum Gasteiger partial charge on any atom is 0.416 e. The van der Waals surface area contributed by atoms with Gasteiger partial charge in [0.2, 0.25) is 11.8 Å². The third-order valence-electron chi connectivity index (χ3n) is 19.6. The van der Waals surface area contributed by atoms with Crippen molar-refractivity contribution in [1.82, 2.24) is 29.4 Å². The van der Waals surface area contributed by atoms with Gasteiger partial charge in [0.25, 0.3) is 11.8 Å². The number of alkyl halides is 6. The van der Waals surface area contributed by atoms with Crippen molar-refractivity contribution in [3.8, 4) is 11.1 Å². The summed E-state index contributed by atoms with van der Waals surface area (Å²) < 4.78 is 131. The Morgan fingerprint density at radius 1 is 0.643 bits per heavy atom. The third kappa shape index (κ3) is 18.1. The first-order valence-electron chi connectivity index (χ1n) is 33.4. The number of para-hydroxylation sites is 1. The van der Waals surface area contributed by atoms with Crippen molar-refractivity contribution in [2.24, 2.45) is 0 Å². The maximum atomic E-state index is 15.4. The zero-order chi connectivity index (χ0) is 69.8. The molecule has 0 radical (unpaired) electrons. The van der Waals surface area contributed by atoms with Crippen molar-refractivity contribution in [1.29, 1.82) is 0 Å². The van der Waals surface area contributed by atoms with Crippen LogP contribution in [0.5, 0.6) is 0 Å². The van der Waals surface area contributed by atoms with Crippen LogP contribution >= 0.6 is 0 Å². The molecule has 524 valence electrons. The molecule has 3 saturated heterocycles. The van der Waals surface area contributed by atoms with Gasteiger partial charge in [-0.05, 0) is 148 Å². The number of carbonyl (C=O) groups excluding carboxylic acids is 5. The Bertz CT molecular complexity index is 3700. The number of nitrogens with one attached hydrogen (secondary N) is 2. The molecule has 1 aliphatic carbocycles. The minimum atomic E-state index is -5.16. The fourth-order valence-electron chi connectivity index (χ4n) is 13.8. The second kappa shape index (κ2) is 32.0. The molecule has 3 heterocycles. The molecular formula is C74H84F8N8O8. The fourth-order valence-corrected chi connectivity index (χ4v) is 13.8. The van der Waals surface area contributed by atoms with E-state index in [1.165, 1.54) is 35.2 Å². The van der Waals surface area contributed by atoms with Crippen LogP contribution in [0.15, 0.2) is 140 Å². The molecule has 0 aromatic heterocycles. The van der Waals surface area contributed by atoms with E-state index in [2.05, 4.69) is 32.6 Å². The minimum Gasteiger partial charge on any atom is -0.446 e. The van der Waals surface area contributed by atoms with E-state index in [0.29, 0.717) is 127 Å². The zero-order valence-electron chi connectivity index (χ0n) is 55.4. The number of hydrogen-bond donors (Lipinski definition) is 2. The Hall–Kier alpha value is -8.45. The number of likely N-dealkylation sites (tertiary alicyclic amines) is 2. The van der Waals surface area contributed by atoms with Crippen LogP contribution in [0.1, 0.15) is 113 Å². The summed E-state index contributed by atoms with van der Waals surface area (Å²) in [6.45, 7) is 4.62. The van der Waals surface area contributed by atoms with Gasteiger partial charge in [0.1, 0.15) is 36.7 Å². The largest absolute Gasteiger partial charge is 0.446 e. The fraction of sp³-hybridized carbons (Fsp3) is 0.446. The summed E-state index contributed by atoms with van der Waals surface area (Å²) in [5.74, 6) is -2.75. The number of piperidine rings is 2. The normalized spacial score (nSPS) is 18.1. The van der Waals surface area contributed by atoms with E-state index in [4.69, 9.17) is 14.2 Å². The molecule has 2 N–H and O–H groups in total. The molecule has 24 heteroatoms. The molecule has 16 nitrogen and oxygen atoms in total. The molecular weight excluding hydrogens is 1280 g/mol. The Balaban J connectivity index is 0.611. The number of anilines is 2. The number of carbonyl (C=O) groups is 5. The molecule has 4 aliphatic rings. The van der Waals surface area contributed by atoms with Crippen LogP contribution in [0.2, 0.25) is 0 Å². The highest BCUT2D eigenvalue weighted by atomic mass is 19.4. The molecule has 1 spiro atoms. The molecule has 3 aliphatic heterocycles. The smallest absolute Gasteiger partial charge is 0.416 e. The molecule has 0 saturated carbocycles. The second-order valence-electron chi connectivity index (χ2n) is 26.1. The van der Waals surface area contributed by atoms with Crippen LogP contribution in [0.25, 0.3) is 11.1 Å². The first-order chi connectivity index (χ1) is 46.9. The molecule has 5 amide bonds. The van der Waals surface area contributed by atoms with E-state index in [9.17, 15) is 54.7 Å². The Morgan fingerprint density at radius 2 is 1.30 bits per heavy atom. The summed E-state index contributed by atoms with van der Waals surface area (Å²) in [4.78, 5) is 77.0. The van der Waals surface area contributed by atoms with Crippen LogP contribution in [0.3, 0.4) is 0 Å². The van der Waals surface area contributed by atoms with E-state index in [1.54, 1.807) is 36.0 Å². The Morgan fingerprint density at radius 3 is 2.00 bits per heavy atom. The predicted molar refractivity (Wildman–Crippen MR) is 355 cm³/mol. The van der Waals surface area contributed by atoms with Gasteiger partial charge in [-0.1, -0.05) is 91.3 Å². The Labute approximate surface area is 566 Å². The molecule has 10 rings (SSSR count). The number of fused-ring (bicyclic) bond motifs is 2. The van der Waals surface area contributed by atoms with Gasteiger partial charge >= 0.3 is 18.4 Å². The summed E-state index contributed by atoms with van der Waals surface area (Å²) in [6, 6.07) is 36.0. The van der Waals surface area contributed by atoms with E-state index >= 15 is 4.39 Å². The van der Waals surface area contributed by atoms with Crippen LogP contribution in [0, 0.1) is 11.6 Å². The van der Waals surface area contributed by atoms with Crippen molar-refractivity contribution in [2.45, 2.75) is 106 Å². The number of hydrogen-bond acceptors (Lipinski definition) is 11. The average molecular weight is 1370 g/mol. The summed E-state index contributed by atoms with van der Waals surface area (Å²) in [7, 11) is 5.10. The lowest BCUT2D eigenvalue weighted by Gasteiger charge is -2.44. The highest BCUT2D eigenvalue weighted by Crippen LogP contribution is 2.49. The van der Waals surface area contributed by atoms with Crippen molar-refractivity contribution >= 4 is 41.1 Å². The Kier molecular flexibility index (Phi) is 23.6. The lowest BCUT2D eigenvalue weighted by Crippen LogP contribution is -2.50. The number of nitrogens with zero attached hydrogens (tertiary/aromatic N) is 6. The number of likely N-dealkylation sites (N-methyl/N-ethyl adjacent to an activating group) is 2. The van der Waals surface area contributed by atoms with Gasteiger partial charge < -0.3 is 48.9 Å². The quantitative estimate of drug-likeness (QED) is 0.0394. The van der Waals surface area contributed by atoms with E-state index in [1.807, 2.05) is 73.8 Å². The van der Waals surface area contributed by atoms with Crippen molar-refractivity contribution in [2.75, 3.05) is 117 Å². The minimum absolute atomic E-state index is 0.0357. The van der Waals surface area contributed by atoms with E-state index < -0.39 is 70.4 Å². The van der Waals surface area contributed by atoms with Gasteiger partial charge in [0.05, 0.1) is 35.2 Å². The van der Waals surface area contributed by atoms with Gasteiger partial charge in [-0.3, -0.25) is 24.5 Å². The summed E-state index contributed by atoms with van der Waals surface area (Å²) in [5, 5.41) is 6.03. The SMILES string of the molecule is CN(CCN1CCC(OC(=O)Nc2ccccc2-c2ccccc2)CC1)C(=O)CCCCCNc1ccc(C(=O)N(C)CCCN(C)C(=O)CO[C@H]2Cc3ccccc3C23CCN(CC[C@@]2(c4ccc(F)cc4)CN(C(=O)c4cc(C(F)(F)F)cc(C(F)(F)F)c4)CO2)CC3)cc1F. The molecule has 0 unspecified atom stereocenters. The standard InChI is InChI=1S/C74H84F8N8O8/c1-85(34-14-35-87(3)68(93)53-22-27-64(62(76)45-53)83-33-13-5-8-21-66(91)86(2)41-42-88-36-28-59(29-37-88)98-70(95)84-63-20-12-10-18-60(63)51-15-6-4-7-16-51)67(92)48-96-65-46-52-17-9-11-19-61(52)71(65)30-38-89(39-31-71)40-32-72(55-23-25-58(75)26-24-55)49-90(50-97-72)69(94)54-43-56(73(77,78)79)47-57(44-54)74(80,81)82/h4,6-7,9-12,15-20,22-27,43-45,47,59,65,83H,5,8,13-14,21,28-42,46,48-50H2,1-3H3,(H,84,95)/t65-,72-/m0/s1. The number of halogens is 8. The third-order valence-corrected chi connectivity index (χ3v) is 19.6. The number of amides is 5. The van der Waals surface area contributed by atoms with Crippen LogP contribution in [-0.2, 0) is 53.6 Å². The molecule has 6 aromatic rings. The van der Waals surface area contributed by atoms with E-state index in [0.717, 1.165) is 53.2 Å². The van der Waals surface area contributed by atoms with Gasteiger partial charge in [-0.15, -0.1) is 0 Å². The first-order valence-corrected chi connectivity index (χ1v) is 33.4. The highest BCUT2D eigenvalue weighted by molar-refractivity contribution is 5.95. The molecule has 2 atom stereocenters. The molecule has 0 bridgehead atoms. The lowest BCUT2D eigenvalue weighted by molar-refractivity contribution is -0.143. The summed E-state index contributed by atoms with van der Waals surface area (Å²) in [5.41, 5.74) is 0.0389. The molecule has 3 fully saturated rings. The summed E-state index contributed by atoms with van der Waals surface area (Å²) in [6.07, 6.45) is -4.80. The van der Waals surface area contributed by atoms with Crippen molar-refractivity contribution < 1.29 is 73.3 Å². The van der Waals surface area contributed by atoms with Crippen molar-refractivity contribution in [3.05, 3.63) is 190 Å². The number of unbranched alkanes of at least 4 members (excludes halogenated alkanes) is 2. The van der Waals surface area contributed by atoms with Gasteiger partial charge in [-0.25, -0.2) is 13.6 Å². The topological polar surface area (TPSA) is 157 Å².